The van der Waals surface area contributed by atoms with Gasteiger partial charge in [0, 0.05) is 16.7 Å². The van der Waals surface area contributed by atoms with E-state index in [2.05, 4.69) is 189 Å². The van der Waals surface area contributed by atoms with Crippen LogP contribution in [0.25, 0.3) is 0 Å². The topological polar surface area (TPSA) is 134 Å². The van der Waals surface area contributed by atoms with Crippen LogP contribution in [0.3, 0.4) is 0 Å². The Kier molecular flexibility index (Phi) is 15.1. The Morgan fingerprint density at radius 2 is 0.623 bits per heavy atom. The fourth-order valence-corrected chi connectivity index (χ4v) is 23.0. The van der Waals surface area contributed by atoms with E-state index in [0.29, 0.717) is 35.5 Å². The number of hydrogen-bond donors (Lipinski definition) is 0. The summed E-state index contributed by atoms with van der Waals surface area (Å²) in [4.78, 5) is 17.1. The Balaban J connectivity index is 1.34. The van der Waals surface area contributed by atoms with Crippen LogP contribution in [0.5, 0.6) is 0 Å². The number of aryl methyl sites for hydroxylation is 1. The monoisotopic (exact) mass is 1060 g/mol. The van der Waals surface area contributed by atoms with Gasteiger partial charge in [0.2, 0.25) is 0 Å². The first-order valence-corrected chi connectivity index (χ1v) is 31.7. The number of fused-ring (bicyclic) bond motifs is 6. The molecular weight excluding hydrogens is 1010 g/mol. The van der Waals surface area contributed by atoms with Crippen LogP contribution < -0.4 is 31.8 Å². The molecule has 0 fully saturated rings. The number of quaternary nitrogens is 1. The second-order valence-corrected chi connectivity index (χ2v) is 29.6. The van der Waals surface area contributed by atoms with E-state index in [1.54, 1.807) is 0 Å². The molecule has 0 atom stereocenters. The van der Waals surface area contributed by atoms with Crippen molar-refractivity contribution in [1.82, 2.24) is 0 Å². The fourth-order valence-electron chi connectivity index (χ4n) is 11.2. The molecule has 0 saturated heterocycles. The number of nitrogens with zero attached hydrogens (tertiary/aromatic N) is 10. The first kappa shape index (κ1) is 51.5. The molecule has 0 saturated carbocycles. The Bertz CT molecular complexity index is 3490. The standard InChI is InChI=1S/C63H59N10OP3/c1-50-41-42-62-53(43-50)46-73(74)44-51-25-21-23-39-60(51)64-67-70-75(54-27-9-3-10-28-54,55-29-11-4-12-30-55)47-63(2,49-77(72-69-66-62,58-35-17-7-18-36-58)59-37-19-8-20-38-59)48-76(56-31-13-5-14-32-56,57-33-15-6-16-34-57)71-68-65-61-40-24-22-26-52(61)45-73/h3-43H,44-49H2,1-2H3. The minimum atomic E-state index is -3.05. The van der Waals surface area contributed by atoms with Crippen LogP contribution in [0.15, 0.2) is 294 Å². The van der Waals surface area contributed by atoms with Crippen molar-refractivity contribution in [2.75, 3.05) is 18.5 Å². The molecule has 0 radical (unpaired) electrons. The molecule has 11 nitrogen and oxygen atoms in total. The van der Waals surface area contributed by atoms with Crippen LogP contribution in [-0.2, 0) is 19.6 Å². The third-order valence-electron chi connectivity index (χ3n) is 14.6. The molecule has 3 aliphatic rings. The first-order valence-electron chi connectivity index (χ1n) is 25.9. The smallest absolute Gasteiger partial charge is 0.107 e. The van der Waals surface area contributed by atoms with Crippen LogP contribution in [0.1, 0.15) is 29.2 Å². The maximum Gasteiger partial charge on any atom is 0.107 e. The van der Waals surface area contributed by atoms with Gasteiger partial charge in [-0.1, -0.05) is 237 Å². The maximum absolute atomic E-state index is 16.4. The van der Waals surface area contributed by atoms with Gasteiger partial charge in [0.25, 0.3) is 0 Å². The zero-order valence-corrected chi connectivity index (χ0v) is 45.8. The average Bonchev–Trinajstić information content (AvgIpc) is 3.56. The fraction of sp³-hybridized carbons (Fsp3) is 0.143. The lowest BCUT2D eigenvalue weighted by molar-refractivity contribution is -0.920. The van der Waals surface area contributed by atoms with E-state index in [9.17, 15) is 0 Å². The van der Waals surface area contributed by atoms with E-state index in [0.717, 1.165) is 54.1 Å². The van der Waals surface area contributed by atoms with Gasteiger partial charge in [-0.2, -0.15) is 0 Å². The zero-order chi connectivity index (χ0) is 52.6. The molecule has 14 heteroatoms. The third-order valence-corrected chi connectivity index (χ3v) is 26.3. The summed E-state index contributed by atoms with van der Waals surface area (Å²) in [6.45, 7) is 4.58. The van der Waals surface area contributed by atoms with Crippen molar-refractivity contribution in [3.05, 3.63) is 276 Å². The van der Waals surface area contributed by atoms with E-state index in [4.69, 9.17) is 45.6 Å². The molecule has 0 aromatic heterocycles. The lowest BCUT2D eigenvalue weighted by Crippen LogP contribution is -2.40. The van der Waals surface area contributed by atoms with Crippen molar-refractivity contribution < 1.29 is 4.65 Å². The minimum Gasteiger partial charge on any atom is -0.632 e. The van der Waals surface area contributed by atoms with E-state index < -0.39 is 31.2 Å². The second-order valence-electron chi connectivity index (χ2n) is 20.4. The van der Waals surface area contributed by atoms with Gasteiger partial charge < -0.3 is 9.85 Å². The zero-order valence-electron chi connectivity index (χ0n) is 43.1. The quantitative estimate of drug-likeness (QED) is 0.0915. The lowest BCUT2D eigenvalue weighted by Gasteiger charge is -2.44. The number of hydrogen-bond acceptors (Lipinski definition) is 10. The molecular formula is C63H59N10OP3. The second kappa shape index (κ2) is 22.5. The van der Waals surface area contributed by atoms with Crippen molar-refractivity contribution >= 4 is 70.1 Å². The molecule has 3 aliphatic heterocycles. The molecule has 0 spiro atoms. The molecule has 0 aliphatic carbocycles. The van der Waals surface area contributed by atoms with Crippen LogP contribution in [0.2, 0.25) is 0 Å². The molecule has 0 amide bonds. The van der Waals surface area contributed by atoms with E-state index >= 15 is 5.21 Å². The molecule has 2 bridgehead atoms. The van der Waals surface area contributed by atoms with Gasteiger partial charge in [0.15, 0.2) is 0 Å². The van der Waals surface area contributed by atoms with E-state index in [1.165, 1.54) is 0 Å². The number of benzene rings is 9. The summed E-state index contributed by atoms with van der Waals surface area (Å²) in [5.41, 5.74) is 4.20. The highest BCUT2D eigenvalue weighted by atomic mass is 31.2. The summed E-state index contributed by atoms with van der Waals surface area (Å²) >= 11 is 0. The average molecular weight is 1070 g/mol. The van der Waals surface area contributed by atoms with Crippen molar-refractivity contribution in [1.29, 1.82) is 0 Å². The largest absolute Gasteiger partial charge is 0.632 e. The van der Waals surface area contributed by atoms with Gasteiger partial charge in [0.1, 0.15) is 19.6 Å². The molecule has 9 aromatic rings. The van der Waals surface area contributed by atoms with Crippen molar-refractivity contribution in [3.63, 3.8) is 0 Å². The van der Waals surface area contributed by atoms with Gasteiger partial charge in [0.05, 0.1) is 38.2 Å². The molecule has 3 heterocycles. The Labute approximate surface area is 451 Å². The van der Waals surface area contributed by atoms with Crippen LogP contribution in [-0.4, -0.2) is 23.1 Å². The van der Waals surface area contributed by atoms with Crippen LogP contribution >= 0.6 is 21.2 Å². The lowest BCUT2D eigenvalue weighted by atomic mass is 9.99. The SMILES string of the molecule is Cc1ccc2c(c1)C[N+]1([O-])Cc3ccccc3N=NN=P(c3ccccc3)(c3ccccc3)CC(C)(CP(c3ccccc3)(c3ccccc3)=NN=Nc3ccccc3C1)CP(c1ccccc1)(c1ccccc1)=NN=N2. The maximum atomic E-state index is 16.4. The Morgan fingerprint density at radius 1 is 0.351 bits per heavy atom. The summed E-state index contributed by atoms with van der Waals surface area (Å²) in [6.07, 6.45) is 1.55. The molecule has 9 aromatic carbocycles. The predicted octanol–water partition coefficient (Wildman–Crippen LogP) is 15.8. The Hall–Kier alpha value is -7.61. The summed E-state index contributed by atoms with van der Waals surface area (Å²) in [5, 5.41) is 53.0. The minimum absolute atomic E-state index is 0.0446. The molecule has 77 heavy (non-hydrogen) atoms. The molecule has 0 unspecified atom stereocenters. The predicted molar refractivity (Wildman–Crippen MR) is 320 cm³/mol. The summed E-state index contributed by atoms with van der Waals surface area (Å²) in [5.74, 6) is 0. The highest BCUT2D eigenvalue weighted by molar-refractivity contribution is 7.83. The number of rotatable bonds is 6. The highest BCUT2D eigenvalue weighted by Gasteiger charge is 2.46. The van der Waals surface area contributed by atoms with Crippen LogP contribution in [0.4, 0.5) is 17.1 Å². The molecule has 0 N–H and O–H groups in total. The number of hydroxylamine groups is 3. The third kappa shape index (κ3) is 11.0. The van der Waals surface area contributed by atoms with Gasteiger partial charge in [-0.3, -0.25) is 0 Å². The highest BCUT2D eigenvalue weighted by Crippen LogP contribution is 2.63. The van der Waals surface area contributed by atoms with Crippen molar-refractivity contribution in [2.24, 2.45) is 51.0 Å². The van der Waals surface area contributed by atoms with Gasteiger partial charge in [-0.15, -0.1) is 29.9 Å². The normalized spacial score (nSPS) is 19.9. The molecule has 12 rings (SSSR count). The summed E-state index contributed by atoms with van der Waals surface area (Å²) in [6, 6.07) is 85.3. The van der Waals surface area contributed by atoms with Crippen LogP contribution in [0, 0.1) is 17.5 Å². The van der Waals surface area contributed by atoms with Gasteiger partial charge >= 0.3 is 0 Å². The van der Waals surface area contributed by atoms with E-state index in [-0.39, 0.29) is 19.6 Å². The van der Waals surface area contributed by atoms with Crippen molar-refractivity contribution in [2.45, 2.75) is 33.5 Å². The first-order chi connectivity index (χ1) is 37.7. The summed E-state index contributed by atoms with van der Waals surface area (Å²) in [7, 11) is -9.14. The van der Waals surface area contributed by atoms with Gasteiger partial charge in [-0.25, -0.2) is 0 Å². The van der Waals surface area contributed by atoms with Gasteiger partial charge in [-0.05, 0) is 103 Å². The summed E-state index contributed by atoms with van der Waals surface area (Å²) < 4.78 is -0.726. The molecule has 382 valence electrons. The van der Waals surface area contributed by atoms with Crippen molar-refractivity contribution in [3.8, 4) is 0 Å². The van der Waals surface area contributed by atoms with E-state index in [1.807, 2.05) is 73.7 Å². The Morgan fingerprint density at radius 3 is 0.948 bits per heavy atom.